The van der Waals surface area contributed by atoms with Crippen molar-refractivity contribution >= 4 is 17.3 Å². The highest BCUT2D eigenvalue weighted by Gasteiger charge is 2.11. The van der Waals surface area contributed by atoms with Crippen LogP contribution in [0.4, 0.5) is 11.4 Å². The van der Waals surface area contributed by atoms with E-state index in [1.54, 1.807) is 0 Å². The quantitative estimate of drug-likeness (QED) is 0.816. The van der Waals surface area contributed by atoms with E-state index in [-0.39, 0.29) is 11.8 Å². The maximum absolute atomic E-state index is 11.7. The van der Waals surface area contributed by atoms with Gasteiger partial charge in [0.15, 0.2) is 0 Å². The van der Waals surface area contributed by atoms with Crippen LogP contribution >= 0.6 is 0 Å². The maximum atomic E-state index is 11.7. The molecule has 3 N–H and O–H groups in total. The van der Waals surface area contributed by atoms with Crippen LogP contribution in [0.3, 0.4) is 0 Å². The van der Waals surface area contributed by atoms with E-state index < -0.39 is 0 Å². The molecule has 4 heteroatoms. The molecule has 0 saturated carbocycles. The first-order chi connectivity index (χ1) is 8.04. The van der Waals surface area contributed by atoms with Crippen molar-refractivity contribution in [2.75, 3.05) is 30.9 Å². The third-order valence-electron chi connectivity index (χ3n) is 2.70. The van der Waals surface area contributed by atoms with Gasteiger partial charge in [-0.05, 0) is 37.2 Å². The minimum atomic E-state index is -0.0477. The van der Waals surface area contributed by atoms with Crippen molar-refractivity contribution in [1.29, 1.82) is 0 Å². The lowest BCUT2D eigenvalue weighted by molar-refractivity contribution is -0.119. The summed E-state index contributed by atoms with van der Waals surface area (Å²) in [5, 5.41) is 2.88. The Bertz CT molecular complexity index is 359. The van der Waals surface area contributed by atoms with E-state index in [1.807, 2.05) is 50.2 Å². The zero-order valence-electron chi connectivity index (χ0n) is 10.7. The zero-order valence-corrected chi connectivity index (χ0v) is 10.7. The molecule has 4 nitrogen and oxygen atoms in total. The monoisotopic (exact) mass is 235 g/mol. The van der Waals surface area contributed by atoms with Crippen molar-refractivity contribution in [2.45, 2.75) is 13.3 Å². The first-order valence-electron chi connectivity index (χ1n) is 5.83. The second-order valence-electron chi connectivity index (χ2n) is 4.41. The summed E-state index contributed by atoms with van der Waals surface area (Å²) in [6, 6.07) is 7.76. The molecule has 1 atom stereocenters. The molecule has 94 valence electrons. The Morgan fingerprint density at radius 3 is 2.41 bits per heavy atom. The summed E-state index contributed by atoms with van der Waals surface area (Å²) in [6.07, 6.45) is 0.710. The fraction of sp³-hybridized carbons (Fsp3) is 0.462. The van der Waals surface area contributed by atoms with Crippen molar-refractivity contribution in [3.05, 3.63) is 24.3 Å². The molecule has 0 spiro atoms. The molecule has 0 aliphatic carbocycles. The summed E-state index contributed by atoms with van der Waals surface area (Å²) in [5.74, 6) is -0.0263. The molecular formula is C13H21N3O. The Morgan fingerprint density at radius 2 is 1.94 bits per heavy atom. The van der Waals surface area contributed by atoms with Crippen molar-refractivity contribution in [2.24, 2.45) is 11.7 Å². The standard InChI is InChI=1S/C13H21N3O/c1-10(8-9-14)13(17)15-11-4-6-12(7-5-11)16(2)3/h4-7,10H,8-9,14H2,1-3H3,(H,15,17). The van der Waals surface area contributed by atoms with Crippen LogP contribution in [0, 0.1) is 5.92 Å². The topological polar surface area (TPSA) is 58.4 Å². The van der Waals surface area contributed by atoms with E-state index >= 15 is 0 Å². The number of anilines is 2. The van der Waals surface area contributed by atoms with Gasteiger partial charge in [0.1, 0.15) is 0 Å². The van der Waals surface area contributed by atoms with Crippen LogP contribution in [-0.4, -0.2) is 26.5 Å². The molecule has 0 bridgehead atoms. The number of carbonyl (C=O) groups is 1. The normalized spacial score (nSPS) is 12.0. The van der Waals surface area contributed by atoms with Gasteiger partial charge in [-0.2, -0.15) is 0 Å². The first kappa shape index (κ1) is 13.5. The number of benzene rings is 1. The number of nitrogens with two attached hydrogens (primary N) is 1. The van der Waals surface area contributed by atoms with Gasteiger partial charge in [0.05, 0.1) is 0 Å². The molecule has 1 unspecified atom stereocenters. The van der Waals surface area contributed by atoms with Gasteiger partial charge < -0.3 is 16.0 Å². The third-order valence-corrected chi connectivity index (χ3v) is 2.70. The highest BCUT2D eigenvalue weighted by atomic mass is 16.1. The molecular weight excluding hydrogens is 214 g/mol. The molecule has 0 saturated heterocycles. The second kappa shape index (κ2) is 6.25. The van der Waals surface area contributed by atoms with Gasteiger partial charge in [-0.15, -0.1) is 0 Å². The van der Waals surface area contributed by atoms with Crippen molar-refractivity contribution in [3.63, 3.8) is 0 Å². The lowest BCUT2D eigenvalue weighted by Crippen LogP contribution is -2.22. The minimum absolute atomic E-state index is 0.0213. The van der Waals surface area contributed by atoms with Crippen LogP contribution in [0.25, 0.3) is 0 Å². The molecule has 0 radical (unpaired) electrons. The molecule has 1 aromatic carbocycles. The Balaban J connectivity index is 2.60. The van der Waals surface area contributed by atoms with E-state index in [0.717, 1.165) is 11.4 Å². The SMILES string of the molecule is CC(CCN)C(=O)Nc1ccc(N(C)C)cc1. The summed E-state index contributed by atoms with van der Waals surface area (Å²) < 4.78 is 0. The maximum Gasteiger partial charge on any atom is 0.227 e. The Hall–Kier alpha value is -1.55. The lowest BCUT2D eigenvalue weighted by atomic mass is 10.1. The molecule has 0 fully saturated rings. The van der Waals surface area contributed by atoms with E-state index in [2.05, 4.69) is 5.32 Å². The van der Waals surface area contributed by atoms with Crippen LogP contribution < -0.4 is 16.0 Å². The van der Waals surface area contributed by atoms with E-state index in [0.29, 0.717) is 13.0 Å². The van der Waals surface area contributed by atoms with Crippen molar-refractivity contribution in [3.8, 4) is 0 Å². The average Bonchev–Trinajstić information content (AvgIpc) is 2.30. The zero-order chi connectivity index (χ0) is 12.8. The van der Waals surface area contributed by atoms with Gasteiger partial charge in [-0.3, -0.25) is 4.79 Å². The number of hydrogen-bond acceptors (Lipinski definition) is 3. The first-order valence-corrected chi connectivity index (χ1v) is 5.83. The van der Waals surface area contributed by atoms with E-state index in [4.69, 9.17) is 5.73 Å². The summed E-state index contributed by atoms with van der Waals surface area (Å²) in [5.41, 5.74) is 7.36. The number of nitrogens with zero attached hydrogens (tertiary/aromatic N) is 1. The van der Waals surface area contributed by atoms with Gasteiger partial charge in [-0.25, -0.2) is 0 Å². The molecule has 1 aromatic rings. The van der Waals surface area contributed by atoms with Crippen LogP contribution in [0.5, 0.6) is 0 Å². The minimum Gasteiger partial charge on any atom is -0.378 e. The smallest absolute Gasteiger partial charge is 0.227 e. The highest BCUT2D eigenvalue weighted by molar-refractivity contribution is 5.92. The number of amides is 1. The van der Waals surface area contributed by atoms with Crippen molar-refractivity contribution < 1.29 is 4.79 Å². The second-order valence-corrected chi connectivity index (χ2v) is 4.41. The van der Waals surface area contributed by atoms with Gasteiger partial charge >= 0.3 is 0 Å². The van der Waals surface area contributed by atoms with E-state index in [1.165, 1.54) is 0 Å². The van der Waals surface area contributed by atoms with Gasteiger partial charge in [0.25, 0.3) is 0 Å². The molecule has 17 heavy (non-hydrogen) atoms. The largest absolute Gasteiger partial charge is 0.378 e. The Labute approximate surface area is 103 Å². The lowest BCUT2D eigenvalue weighted by Gasteiger charge is -2.14. The molecule has 0 aromatic heterocycles. The number of hydrogen-bond donors (Lipinski definition) is 2. The molecule has 0 aliphatic rings. The Kier molecular flexibility index (Phi) is 4.97. The summed E-state index contributed by atoms with van der Waals surface area (Å²) in [6.45, 7) is 2.42. The fourth-order valence-electron chi connectivity index (χ4n) is 1.49. The fourth-order valence-corrected chi connectivity index (χ4v) is 1.49. The molecule has 0 heterocycles. The summed E-state index contributed by atoms with van der Waals surface area (Å²) in [4.78, 5) is 13.8. The molecule has 1 rings (SSSR count). The van der Waals surface area contributed by atoms with Gasteiger partial charge in [0.2, 0.25) is 5.91 Å². The predicted octanol–water partition coefficient (Wildman–Crippen LogP) is 1.68. The molecule has 0 aliphatic heterocycles. The number of carbonyl (C=O) groups excluding carboxylic acids is 1. The molecule has 1 amide bonds. The summed E-state index contributed by atoms with van der Waals surface area (Å²) >= 11 is 0. The van der Waals surface area contributed by atoms with Crippen LogP contribution in [-0.2, 0) is 4.79 Å². The van der Waals surface area contributed by atoms with E-state index in [9.17, 15) is 4.79 Å². The summed E-state index contributed by atoms with van der Waals surface area (Å²) in [7, 11) is 3.97. The van der Waals surface area contributed by atoms with Crippen LogP contribution in [0.1, 0.15) is 13.3 Å². The van der Waals surface area contributed by atoms with Gasteiger partial charge in [-0.1, -0.05) is 6.92 Å². The number of rotatable bonds is 5. The van der Waals surface area contributed by atoms with Crippen molar-refractivity contribution in [1.82, 2.24) is 0 Å². The van der Waals surface area contributed by atoms with Gasteiger partial charge in [0, 0.05) is 31.4 Å². The third kappa shape index (κ3) is 4.07. The van der Waals surface area contributed by atoms with Crippen LogP contribution in [0.2, 0.25) is 0 Å². The number of nitrogens with one attached hydrogen (secondary N) is 1. The average molecular weight is 235 g/mol. The predicted molar refractivity (Wildman–Crippen MR) is 72.2 cm³/mol. The highest BCUT2D eigenvalue weighted by Crippen LogP contribution is 2.16. The van der Waals surface area contributed by atoms with Crippen LogP contribution in [0.15, 0.2) is 24.3 Å². The Morgan fingerprint density at radius 1 is 1.35 bits per heavy atom.